The van der Waals surface area contributed by atoms with Gasteiger partial charge < -0.3 is 16.4 Å². The van der Waals surface area contributed by atoms with E-state index in [0.29, 0.717) is 19.5 Å². The first kappa shape index (κ1) is 12.0. The van der Waals surface area contributed by atoms with Crippen molar-refractivity contribution >= 4 is 11.9 Å². The molecule has 5 N–H and O–H groups in total. The van der Waals surface area contributed by atoms with E-state index in [2.05, 4.69) is 10.6 Å². The summed E-state index contributed by atoms with van der Waals surface area (Å²) >= 11 is 0. The highest BCUT2D eigenvalue weighted by atomic mass is 16.1. The predicted octanol–water partition coefficient (Wildman–Crippen LogP) is 0.176. The number of hydrogen-bond acceptors (Lipinski definition) is 2. The van der Waals surface area contributed by atoms with Gasteiger partial charge in [0, 0.05) is 19.5 Å². The van der Waals surface area contributed by atoms with E-state index in [9.17, 15) is 4.79 Å². The van der Waals surface area contributed by atoms with Gasteiger partial charge in [0.1, 0.15) is 0 Å². The Morgan fingerprint density at radius 2 is 1.94 bits per heavy atom. The fraction of sp³-hybridized carbons (Fsp3) is 0.273. The van der Waals surface area contributed by atoms with E-state index in [0.717, 1.165) is 5.56 Å². The van der Waals surface area contributed by atoms with Crippen molar-refractivity contribution in [2.45, 2.75) is 13.0 Å². The van der Waals surface area contributed by atoms with Crippen molar-refractivity contribution in [2.75, 3.05) is 6.54 Å². The molecule has 16 heavy (non-hydrogen) atoms. The Morgan fingerprint density at radius 3 is 2.56 bits per heavy atom. The molecule has 1 amide bonds. The average molecular weight is 220 g/mol. The van der Waals surface area contributed by atoms with Crippen molar-refractivity contribution in [1.82, 2.24) is 10.6 Å². The number of amides is 1. The van der Waals surface area contributed by atoms with Crippen LogP contribution in [0.15, 0.2) is 30.3 Å². The Bertz CT molecular complexity index is 350. The number of guanidine groups is 1. The minimum atomic E-state index is -0.115. The monoisotopic (exact) mass is 220 g/mol. The van der Waals surface area contributed by atoms with Crippen LogP contribution in [0.3, 0.4) is 0 Å². The third-order valence-electron chi connectivity index (χ3n) is 2.00. The summed E-state index contributed by atoms with van der Waals surface area (Å²) in [6, 6.07) is 9.70. The second-order valence-corrected chi connectivity index (χ2v) is 3.35. The fourth-order valence-electron chi connectivity index (χ4n) is 1.20. The van der Waals surface area contributed by atoms with Crippen LogP contribution >= 0.6 is 0 Å². The molecule has 0 aromatic heterocycles. The molecule has 86 valence electrons. The maximum absolute atomic E-state index is 11.3. The van der Waals surface area contributed by atoms with Crippen LogP contribution in [0.5, 0.6) is 0 Å². The maximum atomic E-state index is 11.3. The van der Waals surface area contributed by atoms with Crippen molar-refractivity contribution in [3.63, 3.8) is 0 Å². The summed E-state index contributed by atoms with van der Waals surface area (Å²) in [5, 5.41) is 12.3. The molecular formula is C11H16N4O. The van der Waals surface area contributed by atoms with Crippen LogP contribution in [-0.2, 0) is 11.3 Å². The lowest BCUT2D eigenvalue weighted by atomic mass is 10.2. The molecule has 1 rings (SSSR count). The fourth-order valence-corrected chi connectivity index (χ4v) is 1.20. The van der Waals surface area contributed by atoms with Crippen LogP contribution < -0.4 is 16.4 Å². The smallest absolute Gasteiger partial charge is 0.222 e. The van der Waals surface area contributed by atoms with Crippen LogP contribution in [0.25, 0.3) is 0 Å². The molecule has 0 heterocycles. The van der Waals surface area contributed by atoms with Gasteiger partial charge >= 0.3 is 0 Å². The summed E-state index contributed by atoms with van der Waals surface area (Å²) in [6.45, 7) is 0.912. The van der Waals surface area contributed by atoms with E-state index >= 15 is 0 Å². The molecule has 0 bridgehead atoms. The molecule has 0 aliphatic carbocycles. The number of nitrogens with one attached hydrogen (secondary N) is 3. The summed E-state index contributed by atoms with van der Waals surface area (Å²) in [5.41, 5.74) is 6.15. The number of benzene rings is 1. The Hall–Kier alpha value is -2.04. The molecule has 5 nitrogen and oxygen atoms in total. The summed E-state index contributed by atoms with van der Waals surface area (Å²) in [4.78, 5) is 11.3. The quantitative estimate of drug-likeness (QED) is 0.421. The summed E-state index contributed by atoms with van der Waals surface area (Å²) in [5.74, 6) is -0.173. The average Bonchev–Trinajstić information content (AvgIpc) is 2.27. The van der Waals surface area contributed by atoms with Gasteiger partial charge in [-0.15, -0.1) is 0 Å². The van der Waals surface area contributed by atoms with Crippen molar-refractivity contribution in [1.29, 1.82) is 5.41 Å². The summed E-state index contributed by atoms with van der Waals surface area (Å²) in [7, 11) is 0. The number of carbonyl (C=O) groups excluding carboxylic acids is 1. The number of nitrogens with two attached hydrogens (primary N) is 1. The molecule has 0 atom stereocenters. The molecule has 0 saturated heterocycles. The van der Waals surface area contributed by atoms with Crippen LogP contribution in [-0.4, -0.2) is 18.4 Å². The van der Waals surface area contributed by atoms with Gasteiger partial charge in [0.15, 0.2) is 5.96 Å². The van der Waals surface area contributed by atoms with Crippen molar-refractivity contribution in [3.8, 4) is 0 Å². The lowest BCUT2D eigenvalue weighted by Gasteiger charge is -2.06. The summed E-state index contributed by atoms with van der Waals surface area (Å²) < 4.78 is 0. The van der Waals surface area contributed by atoms with Gasteiger partial charge in [-0.05, 0) is 5.56 Å². The Balaban J connectivity index is 2.18. The van der Waals surface area contributed by atoms with Crippen molar-refractivity contribution < 1.29 is 4.79 Å². The Morgan fingerprint density at radius 1 is 1.25 bits per heavy atom. The Labute approximate surface area is 94.5 Å². The first-order valence-electron chi connectivity index (χ1n) is 5.07. The van der Waals surface area contributed by atoms with Gasteiger partial charge in [-0.25, -0.2) is 0 Å². The van der Waals surface area contributed by atoms with E-state index in [4.69, 9.17) is 11.1 Å². The van der Waals surface area contributed by atoms with Gasteiger partial charge in [0.05, 0.1) is 0 Å². The highest BCUT2D eigenvalue weighted by Crippen LogP contribution is 1.97. The molecule has 5 heteroatoms. The topological polar surface area (TPSA) is 91.0 Å². The zero-order chi connectivity index (χ0) is 11.8. The molecule has 1 aromatic rings. The molecule has 0 fully saturated rings. The molecule has 0 spiro atoms. The van der Waals surface area contributed by atoms with Crippen LogP contribution in [0.2, 0.25) is 0 Å². The molecular weight excluding hydrogens is 204 g/mol. The van der Waals surface area contributed by atoms with E-state index in [1.807, 2.05) is 30.3 Å². The largest absolute Gasteiger partial charge is 0.370 e. The zero-order valence-corrected chi connectivity index (χ0v) is 8.99. The van der Waals surface area contributed by atoms with Gasteiger partial charge in [0.2, 0.25) is 5.91 Å². The number of carbonyl (C=O) groups is 1. The first-order chi connectivity index (χ1) is 7.68. The Kier molecular flexibility index (Phi) is 4.85. The van der Waals surface area contributed by atoms with Crippen LogP contribution in [0.1, 0.15) is 12.0 Å². The number of hydrogen-bond donors (Lipinski definition) is 4. The normalized spacial score (nSPS) is 9.50. The van der Waals surface area contributed by atoms with Crippen molar-refractivity contribution in [2.24, 2.45) is 5.73 Å². The molecule has 0 aliphatic rings. The zero-order valence-electron chi connectivity index (χ0n) is 8.99. The van der Waals surface area contributed by atoms with Gasteiger partial charge in [-0.1, -0.05) is 30.3 Å². The van der Waals surface area contributed by atoms with Gasteiger partial charge in [0.25, 0.3) is 0 Å². The molecule has 1 aromatic carbocycles. The predicted molar refractivity (Wildman–Crippen MR) is 62.8 cm³/mol. The highest BCUT2D eigenvalue weighted by molar-refractivity contribution is 5.78. The van der Waals surface area contributed by atoms with E-state index in [1.165, 1.54) is 0 Å². The van der Waals surface area contributed by atoms with Crippen LogP contribution in [0.4, 0.5) is 0 Å². The van der Waals surface area contributed by atoms with Gasteiger partial charge in [-0.2, -0.15) is 0 Å². The third kappa shape index (κ3) is 4.99. The third-order valence-corrected chi connectivity index (χ3v) is 2.00. The number of rotatable bonds is 5. The van der Waals surface area contributed by atoms with E-state index < -0.39 is 0 Å². The van der Waals surface area contributed by atoms with E-state index in [-0.39, 0.29) is 11.9 Å². The molecule has 0 unspecified atom stereocenters. The molecule has 0 radical (unpaired) electrons. The van der Waals surface area contributed by atoms with Gasteiger partial charge in [-0.3, -0.25) is 10.2 Å². The second-order valence-electron chi connectivity index (χ2n) is 3.35. The first-order valence-corrected chi connectivity index (χ1v) is 5.07. The standard InChI is InChI=1S/C11H16N4O/c12-11(13)14-7-6-10(16)15-8-9-4-2-1-3-5-9/h1-5H,6-8H2,(H,15,16)(H4,12,13,14). The van der Waals surface area contributed by atoms with E-state index in [1.54, 1.807) is 0 Å². The molecule has 0 aliphatic heterocycles. The lowest BCUT2D eigenvalue weighted by Crippen LogP contribution is -2.34. The SMILES string of the molecule is N=C(N)NCCC(=O)NCc1ccccc1. The maximum Gasteiger partial charge on any atom is 0.222 e. The van der Waals surface area contributed by atoms with Crippen LogP contribution in [0, 0.1) is 5.41 Å². The minimum absolute atomic E-state index is 0.0578. The lowest BCUT2D eigenvalue weighted by molar-refractivity contribution is -0.121. The summed E-state index contributed by atoms with van der Waals surface area (Å²) in [6.07, 6.45) is 0.312. The minimum Gasteiger partial charge on any atom is -0.370 e. The van der Waals surface area contributed by atoms with Crippen molar-refractivity contribution in [3.05, 3.63) is 35.9 Å². The second kappa shape index (κ2) is 6.44. The molecule has 0 saturated carbocycles. The highest BCUT2D eigenvalue weighted by Gasteiger charge is 2.00.